The van der Waals surface area contributed by atoms with Gasteiger partial charge in [0.15, 0.2) is 5.82 Å². The van der Waals surface area contributed by atoms with Gasteiger partial charge in [0.1, 0.15) is 35.0 Å². The molecule has 0 fully saturated rings. The van der Waals surface area contributed by atoms with Crippen molar-refractivity contribution >= 4 is 46.0 Å². The lowest BCUT2D eigenvalue weighted by Gasteiger charge is -2.19. The van der Waals surface area contributed by atoms with E-state index < -0.39 is 17.3 Å². The van der Waals surface area contributed by atoms with Crippen LogP contribution < -0.4 is 11.1 Å². The van der Waals surface area contributed by atoms with Crippen molar-refractivity contribution in [1.82, 2.24) is 34.7 Å². The van der Waals surface area contributed by atoms with Crippen LogP contribution in [0, 0.1) is 0 Å². The average Bonchev–Trinajstić information content (AvgIpc) is 3.47. The Kier molecular flexibility index (Phi) is 5.39. The number of benzene rings is 1. The number of aliphatic carboxylic acids is 1. The van der Waals surface area contributed by atoms with Crippen LogP contribution in [0.4, 0.5) is 11.6 Å². The molecule has 4 N–H and O–H groups in total. The maximum absolute atomic E-state index is 13.1. The van der Waals surface area contributed by atoms with Crippen LogP contribution >= 0.6 is 11.6 Å². The number of carbonyl (C=O) groups is 2. The molecule has 0 saturated heterocycles. The predicted octanol–water partition coefficient (Wildman–Crippen LogP) is 2.46. The quantitative estimate of drug-likeness (QED) is 0.348. The number of nitrogens with one attached hydrogen (secondary N) is 1. The van der Waals surface area contributed by atoms with E-state index in [1.165, 1.54) is 6.20 Å². The number of amides is 1. The molecule has 12 nitrogen and oxygen atoms in total. The van der Waals surface area contributed by atoms with E-state index in [4.69, 9.17) is 27.5 Å². The van der Waals surface area contributed by atoms with E-state index in [0.29, 0.717) is 22.8 Å². The first-order valence-corrected chi connectivity index (χ1v) is 11.4. The maximum Gasteiger partial charge on any atom is 0.325 e. The molecule has 1 aliphatic rings. The molecule has 4 heterocycles. The molecule has 3 aromatic heterocycles. The van der Waals surface area contributed by atoms with E-state index in [-0.39, 0.29) is 29.7 Å². The highest BCUT2D eigenvalue weighted by Gasteiger charge is 2.49. The lowest BCUT2D eigenvalue weighted by Crippen LogP contribution is -2.33. The number of carboxylic acid groups (broad SMARTS) is 1. The zero-order valence-corrected chi connectivity index (χ0v) is 19.7. The van der Waals surface area contributed by atoms with Crippen LogP contribution in [0.3, 0.4) is 0 Å². The van der Waals surface area contributed by atoms with E-state index in [2.05, 4.69) is 32.5 Å². The lowest BCUT2D eigenvalue weighted by atomic mass is 9.81. The van der Waals surface area contributed by atoms with Gasteiger partial charge in [0.2, 0.25) is 5.91 Å². The number of carbonyl (C=O) groups excluding carboxylic acids is 1. The summed E-state index contributed by atoms with van der Waals surface area (Å²) in [6.07, 6.45) is 3.34. The smallest absolute Gasteiger partial charge is 0.325 e. The van der Waals surface area contributed by atoms with Gasteiger partial charge < -0.3 is 16.2 Å². The number of carboxylic acids is 1. The molecule has 13 heteroatoms. The van der Waals surface area contributed by atoms with Gasteiger partial charge >= 0.3 is 5.97 Å². The SMILES string of the molecule is CCCCn1nc(-c2nc(N)c3c(n2)NC(=O)[C@]3(C)c2cn(CC(=O)O)nn2)c2ccc(Cl)cc21. The second-order valence-electron chi connectivity index (χ2n) is 8.52. The summed E-state index contributed by atoms with van der Waals surface area (Å²) >= 11 is 6.23. The number of unbranched alkanes of at least 4 members (excludes halogenated alkanes) is 1. The number of hydrogen-bond donors (Lipinski definition) is 3. The third kappa shape index (κ3) is 3.66. The van der Waals surface area contributed by atoms with Gasteiger partial charge in [-0.1, -0.05) is 30.2 Å². The largest absolute Gasteiger partial charge is 0.480 e. The fraction of sp³-hybridized carbons (Fsp3) is 0.318. The molecular weight excluding hydrogens is 474 g/mol. The third-order valence-corrected chi connectivity index (χ3v) is 6.36. The average molecular weight is 496 g/mol. The monoisotopic (exact) mass is 495 g/mol. The summed E-state index contributed by atoms with van der Waals surface area (Å²) < 4.78 is 3.01. The summed E-state index contributed by atoms with van der Waals surface area (Å²) in [4.78, 5) is 33.2. The second-order valence-corrected chi connectivity index (χ2v) is 8.95. The molecule has 1 aliphatic heterocycles. The molecular formula is C22H22ClN9O3. The van der Waals surface area contributed by atoms with Crippen LogP contribution in [0.1, 0.15) is 37.9 Å². The highest BCUT2D eigenvalue weighted by atomic mass is 35.5. The number of halogens is 1. The Balaban J connectivity index is 1.62. The molecule has 0 spiro atoms. The highest BCUT2D eigenvalue weighted by molar-refractivity contribution is 6.31. The van der Waals surface area contributed by atoms with Gasteiger partial charge in [-0.15, -0.1) is 5.10 Å². The van der Waals surface area contributed by atoms with Crippen LogP contribution in [0.25, 0.3) is 22.4 Å². The van der Waals surface area contributed by atoms with Gasteiger partial charge in [-0.3, -0.25) is 14.3 Å². The Morgan fingerprint density at radius 1 is 1.31 bits per heavy atom. The van der Waals surface area contributed by atoms with Crippen molar-refractivity contribution in [3.05, 3.63) is 40.7 Å². The normalized spacial score (nSPS) is 17.1. The van der Waals surface area contributed by atoms with Crippen molar-refractivity contribution in [3.63, 3.8) is 0 Å². The minimum atomic E-state index is -1.34. The Morgan fingerprint density at radius 2 is 2.11 bits per heavy atom. The number of aryl methyl sites for hydroxylation is 1. The molecule has 1 atom stereocenters. The number of rotatable bonds is 7. The molecule has 4 aromatic rings. The number of nitrogens with zero attached hydrogens (tertiary/aromatic N) is 7. The summed E-state index contributed by atoms with van der Waals surface area (Å²) in [5.41, 5.74) is 7.01. The van der Waals surface area contributed by atoms with Gasteiger partial charge in [-0.2, -0.15) is 5.10 Å². The number of aromatic nitrogens is 7. The summed E-state index contributed by atoms with van der Waals surface area (Å²) in [5.74, 6) is -0.898. The first-order valence-electron chi connectivity index (χ1n) is 11.0. The zero-order valence-electron chi connectivity index (χ0n) is 19.0. The van der Waals surface area contributed by atoms with Crippen LogP contribution in [0.2, 0.25) is 5.02 Å². The molecule has 0 saturated carbocycles. The highest BCUT2D eigenvalue weighted by Crippen LogP contribution is 2.44. The second kappa shape index (κ2) is 8.31. The van der Waals surface area contributed by atoms with Crippen LogP contribution in [0.15, 0.2) is 24.4 Å². The van der Waals surface area contributed by atoms with Crippen molar-refractivity contribution in [1.29, 1.82) is 0 Å². The number of fused-ring (bicyclic) bond motifs is 2. The van der Waals surface area contributed by atoms with Crippen molar-refractivity contribution in [3.8, 4) is 11.5 Å². The Bertz CT molecular complexity index is 1500. The number of anilines is 2. The summed E-state index contributed by atoms with van der Waals surface area (Å²) in [7, 11) is 0. The van der Waals surface area contributed by atoms with E-state index in [0.717, 1.165) is 28.4 Å². The first kappa shape index (κ1) is 22.7. The van der Waals surface area contributed by atoms with Gasteiger partial charge in [0, 0.05) is 17.0 Å². The van der Waals surface area contributed by atoms with E-state index in [9.17, 15) is 9.59 Å². The van der Waals surface area contributed by atoms with Gasteiger partial charge in [-0.05, 0) is 31.5 Å². The topological polar surface area (TPSA) is 167 Å². The summed E-state index contributed by atoms with van der Waals surface area (Å²) in [6, 6.07) is 5.48. The van der Waals surface area contributed by atoms with Gasteiger partial charge in [-0.25, -0.2) is 14.6 Å². The molecule has 1 amide bonds. The molecule has 180 valence electrons. The molecule has 0 unspecified atom stereocenters. The van der Waals surface area contributed by atoms with Crippen molar-refractivity contribution < 1.29 is 14.7 Å². The number of nitrogens with two attached hydrogens (primary N) is 1. The minimum Gasteiger partial charge on any atom is -0.480 e. The third-order valence-electron chi connectivity index (χ3n) is 6.12. The van der Waals surface area contributed by atoms with E-state index >= 15 is 0 Å². The zero-order chi connectivity index (χ0) is 24.9. The van der Waals surface area contributed by atoms with Crippen LogP contribution in [0.5, 0.6) is 0 Å². The van der Waals surface area contributed by atoms with Gasteiger partial charge in [0.05, 0.1) is 17.3 Å². The molecule has 5 rings (SSSR count). The van der Waals surface area contributed by atoms with Crippen molar-refractivity contribution in [2.75, 3.05) is 11.1 Å². The van der Waals surface area contributed by atoms with E-state index in [1.807, 2.05) is 16.8 Å². The van der Waals surface area contributed by atoms with Crippen molar-refractivity contribution in [2.24, 2.45) is 0 Å². The summed E-state index contributed by atoms with van der Waals surface area (Å²) in [5, 5.41) is 25.8. The maximum atomic E-state index is 13.1. The fourth-order valence-corrected chi connectivity index (χ4v) is 4.46. The van der Waals surface area contributed by atoms with Crippen molar-refractivity contribution in [2.45, 2.75) is 45.2 Å². The predicted molar refractivity (Wildman–Crippen MR) is 128 cm³/mol. The Morgan fingerprint density at radius 3 is 2.86 bits per heavy atom. The molecule has 0 bridgehead atoms. The first-order chi connectivity index (χ1) is 16.7. The Hall–Kier alpha value is -4.06. The molecule has 0 aliphatic carbocycles. The standard InChI is InChI=1S/C22H22ClN9O3/c1-3-4-7-32-13-8-11(23)5-6-12(13)17(29-32)20-25-18(24)16-19(26-20)27-21(35)22(16,2)14-9-31(30-28-14)10-15(33)34/h5-6,8-9H,3-4,7,10H2,1-2H3,(H,33,34)(H3,24,25,26,27,35)/t22-/m1/s1. The molecule has 0 radical (unpaired) electrons. The van der Waals surface area contributed by atoms with Crippen LogP contribution in [-0.2, 0) is 28.1 Å². The lowest BCUT2D eigenvalue weighted by molar-refractivity contribution is -0.137. The fourth-order valence-electron chi connectivity index (χ4n) is 4.29. The van der Waals surface area contributed by atoms with E-state index in [1.54, 1.807) is 13.0 Å². The van der Waals surface area contributed by atoms with Gasteiger partial charge in [0.25, 0.3) is 0 Å². The minimum absolute atomic E-state index is 0.0869. The summed E-state index contributed by atoms with van der Waals surface area (Å²) in [6.45, 7) is 4.04. The number of nitrogen functional groups attached to an aromatic ring is 1. The van der Waals surface area contributed by atoms with Crippen LogP contribution in [-0.4, -0.2) is 51.7 Å². The molecule has 35 heavy (non-hydrogen) atoms. The number of hydrogen-bond acceptors (Lipinski definition) is 8. The molecule has 1 aromatic carbocycles. The Labute approximate surface area is 204 Å².